The number of rotatable bonds is 3. The molecule has 0 fully saturated rings. The number of fused-ring (bicyclic) bond motifs is 1. The summed E-state index contributed by atoms with van der Waals surface area (Å²) >= 11 is 14.5. The second-order valence-electron chi connectivity index (χ2n) is 4.48. The molecule has 1 aromatic heterocycles. The maximum Gasteiger partial charge on any atom is 0.231 e. The van der Waals surface area contributed by atoms with E-state index >= 15 is 0 Å². The van der Waals surface area contributed by atoms with Crippen molar-refractivity contribution in [1.82, 2.24) is 10.3 Å². The molecule has 0 bridgehead atoms. The lowest BCUT2D eigenvalue weighted by Crippen LogP contribution is -2.28. The standard InChI is InChI=1S/C14H11BrClN3O2S/c15-10-4-9(16)6-17-13(10)19-14(22)18-5-8-1-2-11-12(3-8)21-7-20-11/h1-4,6H,5,7H2,(H2,17,18,19,22). The Kier molecular flexibility index (Phi) is 4.66. The fraction of sp³-hybridized carbons (Fsp3) is 0.143. The Hall–Kier alpha value is -1.57. The van der Waals surface area contributed by atoms with Crippen molar-refractivity contribution < 1.29 is 9.47 Å². The average Bonchev–Trinajstić information content (AvgIpc) is 2.95. The molecule has 114 valence electrons. The number of halogens is 2. The maximum absolute atomic E-state index is 5.85. The zero-order valence-corrected chi connectivity index (χ0v) is 14.4. The highest BCUT2D eigenvalue weighted by Crippen LogP contribution is 2.32. The first kappa shape index (κ1) is 15.3. The third-order valence-corrected chi connectivity index (χ3v) is 3.99. The SMILES string of the molecule is S=C(NCc1ccc2c(c1)OCO2)Nc1ncc(Cl)cc1Br. The largest absolute Gasteiger partial charge is 0.454 e. The van der Waals surface area contributed by atoms with Gasteiger partial charge >= 0.3 is 0 Å². The molecule has 3 rings (SSSR count). The lowest BCUT2D eigenvalue weighted by atomic mass is 10.2. The number of hydrogen-bond donors (Lipinski definition) is 2. The van der Waals surface area contributed by atoms with Gasteiger partial charge in [0.15, 0.2) is 16.6 Å². The van der Waals surface area contributed by atoms with Crippen LogP contribution in [0.5, 0.6) is 11.5 Å². The molecule has 8 heteroatoms. The molecule has 2 N–H and O–H groups in total. The molecule has 1 aliphatic rings. The van der Waals surface area contributed by atoms with Crippen LogP contribution in [0.4, 0.5) is 5.82 Å². The van der Waals surface area contributed by atoms with Crippen LogP contribution in [0.1, 0.15) is 5.56 Å². The molecule has 0 amide bonds. The van der Waals surface area contributed by atoms with E-state index in [1.54, 1.807) is 12.3 Å². The fourth-order valence-corrected chi connectivity index (χ4v) is 2.80. The van der Waals surface area contributed by atoms with Gasteiger partial charge in [0.1, 0.15) is 5.82 Å². The van der Waals surface area contributed by atoms with Gasteiger partial charge in [0.25, 0.3) is 0 Å². The van der Waals surface area contributed by atoms with Crippen molar-refractivity contribution in [2.45, 2.75) is 6.54 Å². The smallest absolute Gasteiger partial charge is 0.231 e. The minimum Gasteiger partial charge on any atom is -0.454 e. The molecular formula is C14H11BrClN3O2S. The summed E-state index contributed by atoms with van der Waals surface area (Å²) in [5.41, 5.74) is 1.04. The van der Waals surface area contributed by atoms with Crippen molar-refractivity contribution in [1.29, 1.82) is 0 Å². The van der Waals surface area contributed by atoms with E-state index in [0.717, 1.165) is 21.5 Å². The van der Waals surface area contributed by atoms with E-state index < -0.39 is 0 Å². The van der Waals surface area contributed by atoms with Gasteiger partial charge in [0, 0.05) is 12.7 Å². The molecule has 0 unspecified atom stereocenters. The summed E-state index contributed by atoms with van der Waals surface area (Å²) in [4.78, 5) is 4.17. The van der Waals surface area contributed by atoms with E-state index in [0.29, 0.717) is 22.5 Å². The molecule has 0 aliphatic carbocycles. The number of nitrogens with zero attached hydrogens (tertiary/aromatic N) is 1. The Labute approximate surface area is 146 Å². The van der Waals surface area contributed by atoms with Crippen molar-refractivity contribution in [3.05, 3.63) is 45.5 Å². The zero-order chi connectivity index (χ0) is 15.5. The molecule has 0 atom stereocenters. The topological polar surface area (TPSA) is 55.4 Å². The molecular weight excluding hydrogens is 390 g/mol. The van der Waals surface area contributed by atoms with Gasteiger partial charge in [-0.15, -0.1) is 0 Å². The quantitative estimate of drug-likeness (QED) is 0.766. The lowest BCUT2D eigenvalue weighted by Gasteiger charge is -2.11. The first-order valence-corrected chi connectivity index (χ1v) is 7.94. The van der Waals surface area contributed by atoms with Crippen LogP contribution < -0.4 is 20.1 Å². The Balaban J connectivity index is 1.58. The Morgan fingerprint density at radius 3 is 2.95 bits per heavy atom. The minimum absolute atomic E-state index is 0.266. The number of nitrogens with one attached hydrogen (secondary N) is 2. The molecule has 0 radical (unpaired) electrons. The van der Waals surface area contributed by atoms with E-state index in [1.165, 1.54) is 0 Å². The van der Waals surface area contributed by atoms with E-state index in [2.05, 4.69) is 31.5 Å². The van der Waals surface area contributed by atoms with E-state index in [9.17, 15) is 0 Å². The number of benzene rings is 1. The first-order chi connectivity index (χ1) is 10.6. The van der Waals surface area contributed by atoms with Crippen molar-refractivity contribution in [3.8, 4) is 11.5 Å². The fourth-order valence-electron chi connectivity index (χ4n) is 1.89. The highest BCUT2D eigenvalue weighted by molar-refractivity contribution is 9.10. The van der Waals surface area contributed by atoms with Gasteiger partial charge in [-0.25, -0.2) is 4.98 Å². The van der Waals surface area contributed by atoms with Gasteiger partial charge in [-0.2, -0.15) is 0 Å². The van der Waals surface area contributed by atoms with Crippen molar-refractivity contribution in [2.75, 3.05) is 12.1 Å². The molecule has 1 aromatic carbocycles. The van der Waals surface area contributed by atoms with Crippen LogP contribution in [-0.4, -0.2) is 16.9 Å². The summed E-state index contributed by atoms with van der Waals surface area (Å²) in [6.45, 7) is 0.829. The summed E-state index contributed by atoms with van der Waals surface area (Å²) in [6.07, 6.45) is 1.55. The number of ether oxygens (including phenoxy) is 2. The summed E-state index contributed by atoms with van der Waals surface area (Å²) in [5.74, 6) is 2.12. The normalized spacial score (nSPS) is 12.1. The summed E-state index contributed by atoms with van der Waals surface area (Å²) in [7, 11) is 0. The summed E-state index contributed by atoms with van der Waals surface area (Å²) < 4.78 is 11.4. The van der Waals surface area contributed by atoms with Gasteiger partial charge in [0.2, 0.25) is 6.79 Å². The Bertz CT molecular complexity index is 729. The molecule has 0 saturated heterocycles. The van der Waals surface area contributed by atoms with Crippen molar-refractivity contribution in [3.63, 3.8) is 0 Å². The van der Waals surface area contributed by atoms with E-state index in [4.69, 9.17) is 33.3 Å². The Morgan fingerprint density at radius 2 is 2.14 bits per heavy atom. The number of pyridine rings is 1. The van der Waals surface area contributed by atoms with E-state index in [1.807, 2.05) is 18.2 Å². The van der Waals surface area contributed by atoms with Gasteiger partial charge in [-0.3, -0.25) is 0 Å². The minimum atomic E-state index is 0.266. The number of thiocarbonyl (C=S) groups is 1. The molecule has 2 heterocycles. The van der Waals surface area contributed by atoms with Crippen molar-refractivity contribution >= 4 is 50.7 Å². The molecule has 0 spiro atoms. The highest BCUT2D eigenvalue weighted by Gasteiger charge is 2.13. The first-order valence-electron chi connectivity index (χ1n) is 6.36. The second kappa shape index (κ2) is 6.68. The lowest BCUT2D eigenvalue weighted by molar-refractivity contribution is 0.174. The summed E-state index contributed by atoms with van der Waals surface area (Å²) in [5, 5.41) is 7.14. The van der Waals surface area contributed by atoms with Crippen LogP contribution in [0.3, 0.4) is 0 Å². The van der Waals surface area contributed by atoms with Gasteiger partial charge < -0.3 is 20.1 Å². The predicted octanol–water partition coefficient (Wildman–Crippen LogP) is 3.71. The Morgan fingerprint density at radius 1 is 1.32 bits per heavy atom. The third-order valence-electron chi connectivity index (χ3n) is 2.93. The highest BCUT2D eigenvalue weighted by atomic mass is 79.9. The maximum atomic E-state index is 5.85. The molecule has 0 saturated carbocycles. The third kappa shape index (κ3) is 3.60. The van der Waals surface area contributed by atoms with Crippen LogP contribution in [0.2, 0.25) is 5.02 Å². The van der Waals surface area contributed by atoms with Gasteiger partial charge in [-0.1, -0.05) is 17.7 Å². The number of aromatic nitrogens is 1. The van der Waals surface area contributed by atoms with Crippen LogP contribution in [0.25, 0.3) is 0 Å². The van der Waals surface area contributed by atoms with Gasteiger partial charge in [-0.05, 0) is 51.9 Å². The molecule has 1 aliphatic heterocycles. The molecule has 2 aromatic rings. The van der Waals surface area contributed by atoms with Crippen LogP contribution in [0, 0.1) is 0 Å². The molecule has 22 heavy (non-hydrogen) atoms. The average molecular weight is 401 g/mol. The van der Waals surface area contributed by atoms with Crippen molar-refractivity contribution in [2.24, 2.45) is 0 Å². The monoisotopic (exact) mass is 399 g/mol. The number of anilines is 1. The van der Waals surface area contributed by atoms with Crippen LogP contribution >= 0.6 is 39.7 Å². The summed E-state index contributed by atoms with van der Waals surface area (Å²) in [6, 6.07) is 7.51. The molecule has 5 nitrogen and oxygen atoms in total. The van der Waals surface area contributed by atoms with E-state index in [-0.39, 0.29) is 6.79 Å². The predicted molar refractivity (Wildman–Crippen MR) is 92.6 cm³/mol. The number of hydrogen-bond acceptors (Lipinski definition) is 4. The van der Waals surface area contributed by atoms with Crippen LogP contribution in [-0.2, 0) is 6.54 Å². The zero-order valence-electron chi connectivity index (χ0n) is 11.2. The van der Waals surface area contributed by atoms with Gasteiger partial charge in [0.05, 0.1) is 9.50 Å². The second-order valence-corrected chi connectivity index (χ2v) is 6.18. The van der Waals surface area contributed by atoms with Crippen LogP contribution in [0.15, 0.2) is 34.9 Å².